The van der Waals surface area contributed by atoms with Crippen molar-refractivity contribution in [3.8, 4) is 29.1 Å². The number of fused-ring (bicyclic) bond motifs is 1. The van der Waals surface area contributed by atoms with E-state index < -0.39 is 16.0 Å². The number of hydrogen-bond donors (Lipinski definition) is 1. The van der Waals surface area contributed by atoms with Gasteiger partial charge in [-0.15, -0.1) is 0 Å². The molecule has 208 valence electrons. The lowest BCUT2D eigenvalue weighted by atomic mass is 9.83. The summed E-state index contributed by atoms with van der Waals surface area (Å²) in [6, 6.07) is 28.2. The smallest absolute Gasteiger partial charge is 0.339 e. The van der Waals surface area contributed by atoms with Crippen molar-refractivity contribution in [1.29, 1.82) is 5.26 Å². The van der Waals surface area contributed by atoms with Crippen molar-refractivity contribution in [3.63, 3.8) is 0 Å². The number of rotatable bonds is 9. The van der Waals surface area contributed by atoms with Crippen LogP contribution in [0.15, 0.2) is 112 Å². The van der Waals surface area contributed by atoms with Gasteiger partial charge in [-0.25, -0.2) is 0 Å². The first kappa shape index (κ1) is 28.1. The average molecular weight is 634 g/mol. The van der Waals surface area contributed by atoms with Gasteiger partial charge in [-0.05, 0) is 54.4 Å². The number of halogens is 1. The Labute approximate surface area is 246 Å². The van der Waals surface area contributed by atoms with Crippen molar-refractivity contribution in [3.05, 3.63) is 124 Å². The van der Waals surface area contributed by atoms with Crippen LogP contribution in [0.1, 0.15) is 29.5 Å². The summed E-state index contributed by atoms with van der Waals surface area (Å²) in [5.74, 6) is 0.709. The molecule has 0 saturated heterocycles. The fourth-order valence-electron chi connectivity index (χ4n) is 4.45. The summed E-state index contributed by atoms with van der Waals surface area (Å²) in [5, 5.41) is 9.98. The van der Waals surface area contributed by atoms with E-state index in [9.17, 15) is 13.7 Å². The van der Waals surface area contributed by atoms with Gasteiger partial charge in [-0.1, -0.05) is 64.5 Å². The second-order valence-corrected chi connectivity index (χ2v) is 11.5. The summed E-state index contributed by atoms with van der Waals surface area (Å²) in [6.07, 6.45) is 0. The zero-order chi connectivity index (χ0) is 29.0. The highest BCUT2D eigenvalue weighted by Gasteiger charge is 2.32. The van der Waals surface area contributed by atoms with Gasteiger partial charge in [0, 0.05) is 16.1 Å². The molecular weight excluding hydrogens is 608 g/mol. The molecule has 2 N–H and O–H groups in total. The van der Waals surface area contributed by atoms with Crippen LogP contribution in [-0.2, 0) is 16.7 Å². The highest BCUT2D eigenvalue weighted by molar-refractivity contribution is 9.10. The predicted molar refractivity (Wildman–Crippen MR) is 156 cm³/mol. The second-order valence-electron chi connectivity index (χ2n) is 9.03. The number of nitriles is 1. The highest BCUT2D eigenvalue weighted by Crippen LogP contribution is 2.45. The van der Waals surface area contributed by atoms with Gasteiger partial charge in [0.05, 0.1) is 12.5 Å². The van der Waals surface area contributed by atoms with Gasteiger partial charge >= 0.3 is 10.1 Å². The van der Waals surface area contributed by atoms with Crippen LogP contribution >= 0.6 is 15.9 Å². The SMILES string of the molecule is CCOc1cc(C2C(C#N)=C(N)Oc3cc(OS(=O)(=O)c4cccc(Br)c4)ccc32)ccc1OCc1ccccc1. The maximum Gasteiger partial charge on any atom is 0.339 e. The third-order valence-corrected chi connectivity index (χ3v) is 8.06. The summed E-state index contributed by atoms with van der Waals surface area (Å²) in [4.78, 5) is -0.00686. The fourth-order valence-corrected chi connectivity index (χ4v) is 5.98. The zero-order valence-electron chi connectivity index (χ0n) is 21.9. The minimum Gasteiger partial charge on any atom is -0.490 e. The molecule has 0 amide bonds. The van der Waals surface area contributed by atoms with E-state index in [0.717, 1.165) is 11.1 Å². The topological polar surface area (TPSA) is 121 Å². The lowest BCUT2D eigenvalue weighted by molar-refractivity contribution is 0.269. The largest absolute Gasteiger partial charge is 0.490 e. The molecule has 0 radical (unpaired) electrons. The van der Waals surface area contributed by atoms with E-state index in [1.54, 1.807) is 24.3 Å². The summed E-state index contributed by atoms with van der Waals surface area (Å²) >= 11 is 3.27. The minimum atomic E-state index is -4.11. The molecule has 0 saturated carbocycles. The Balaban J connectivity index is 1.48. The summed E-state index contributed by atoms with van der Waals surface area (Å²) in [5.41, 5.74) is 8.74. The molecule has 8 nitrogen and oxygen atoms in total. The van der Waals surface area contributed by atoms with E-state index in [0.29, 0.717) is 34.7 Å². The molecule has 0 bridgehead atoms. The van der Waals surface area contributed by atoms with Crippen molar-refractivity contribution < 1.29 is 26.8 Å². The lowest BCUT2D eigenvalue weighted by Crippen LogP contribution is -2.21. The average Bonchev–Trinajstić information content (AvgIpc) is 2.96. The van der Waals surface area contributed by atoms with Gasteiger partial charge in [0.1, 0.15) is 34.6 Å². The molecule has 0 spiro atoms. The van der Waals surface area contributed by atoms with Crippen molar-refractivity contribution in [2.45, 2.75) is 24.3 Å². The molecule has 1 unspecified atom stereocenters. The van der Waals surface area contributed by atoms with E-state index in [1.165, 1.54) is 24.3 Å². The summed E-state index contributed by atoms with van der Waals surface area (Å²) in [7, 11) is -4.11. The van der Waals surface area contributed by atoms with Gasteiger partial charge in [0.15, 0.2) is 11.5 Å². The Morgan fingerprint density at radius 2 is 1.76 bits per heavy atom. The van der Waals surface area contributed by atoms with Gasteiger partial charge < -0.3 is 24.1 Å². The molecule has 5 rings (SSSR count). The van der Waals surface area contributed by atoms with Gasteiger partial charge in [0.25, 0.3) is 0 Å². The van der Waals surface area contributed by atoms with E-state index in [1.807, 2.05) is 49.4 Å². The molecule has 4 aromatic rings. The lowest BCUT2D eigenvalue weighted by Gasteiger charge is -2.27. The Kier molecular flexibility index (Phi) is 8.19. The van der Waals surface area contributed by atoms with Crippen LogP contribution in [-0.4, -0.2) is 15.0 Å². The van der Waals surface area contributed by atoms with E-state index in [2.05, 4.69) is 22.0 Å². The molecule has 1 heterocycles. The van der Waals surface area contributed by atoms with Crippen molar-refractivity contribution in [2.24, 2.45) is 5.73 Å². The van der Waals surface area contributed by atoms with Crippen LogP contribution in [0.4, 0.5) is 0 Å². The number of nitrogens with two attached hydrogens (primary N) is 1. The van der Waals surface area contributed by atoms with Crippen molar-refractivity contribution in [2.75, 3.05) is 6.61 Å². The third kappa shape index (κ3) is 6.16. The van der Waals surface area contributed by atoms with Crippen LogP contribution in [0, 0.1) is 11.3 Å². The number of allylic oxidation sites excluding steroid dienone is 1. The van der Waals surface area contributed by atoms with Crippen LogP contribution in [0.3, 0.4) is 0 Å². The summed E-state index contributed by atoms with van der Waals surface area (Å²) in [6.45, 7) is 2.65. The van der Waals surface area contributed by atoms with Gasteiger partial charge in [-0.2, -0.15) is 13.7 Å². The van der Waals surface area contributed by atoms with Crippen LogP contribution < -0.4 is 24.1 Å². The zero-order valence-corrected chi connectivity index (χ0v) is 24.3. The monoisotopic (exact) mass is 632 g/mol. The molecule has 1 aliphatic rings. The maximum atomic E-state index is 12.9. The number of ether oxygens (including phenoxy) is 3. The number of hydrogen-bond acceptors (Lipinski definition) is 8. The first-order chi connectivity index (χ1) is 19.8. The third-order valence-electron chi connectivity index (χ3n) is 6.32. The fraction of sp³-hybridized carbons (Fsp3) is 0.129. The van der Waals surface area contributed by atoms with E-state index in [4.69, 9.17) is 24.1 Å². The quantitative estimate of drug-likeness (QED) is 0.210. The number of nitrogens with zero attached hydrogens (tertiary/aromatic N) is 1. The van der Waals surface area contributed by atoms with E-state index in [-0.39, 0.29) is 27.9 Å². The highest BCUT2D eigenvalue weighted by atomic mass is 79.9. The second kappa shape index (κ2) is 12.0. The molecule has 41 heavy (non-hydrogen) atoms. The Hall–Kier alpha value is -4.46. The van der Waals surface area contributed by atoms with Crippen LogP contribution in [0.25, 0.3) is 0 Å². The maximum absolute atomic E-state index is 12.9. The molecule has 10 heteroatoms. The Morgan fingerprint density at radius 3 is 2.49 bits per heavy atom. The predicted octanol–water partition coefficient (Wildman–Crippen LogP) is 6.41. The molecule has 0 fully saturated rings. The molecule has 1 aliphatic heterocycles. The minimum absolute atomic E-state index is 0.00686. The molecule has 4 aromatic carbocycles. The standard InChI is InChI=1S/C31H25BrN2O6S/c1-2-37-29-15-21(11-14-27(29)38-19-20-7-4-3-5-8-20)30-25-13-12-23(17-28(25)39-31(34)26(30)18-33)40-41(35,36)24-10-6-9-22(32)16-24/h3-17,30H,2,19,34H2,1H3. The van der Waals surface area contributed by atoms with Crippen LogP contribution in [0.5, 0.6) is 23.0 Å². The van der Waals surface area contributed by atoms with Crippen molar-refractivity contribution in [1.82, 2.24) is 0 Å². The Morgan fingerprint density at radius 1 is 0.951 bits per heavy atom. The van der Waals surface area contributed by atoms with E-state index >= 15 is 0 Å². The molecular formula is C31H25BrN2O6S. The first-order valence-corrected chi connectivity index (χ1v) is 14.8. The van der Waals surface area contributed by atoms with Crippen LogP contribution in [0.2, 0.25) is 0 Å². The molecule has 0 aliphatic carbocycles. The first-order valence-electron chi connectivity index (χ1n) is 12.6. The molecule has 0 aromatic heterocycles. The Bertz CT molecular complexity index is 1770. The van der Waals surface area contributed by atoms with Gasteiger partial charge in [-0.3, -0.25) is 0 Å². The van der Waals surface area contributed by atoms with Crippen molar-refractivity contribution >= 4 is 26.0 Å². The number of benzene rings is 4. The molecule has 1 atom stereocenters. The normalized spacial score (nSPS) is 14.4. The van der Waals surface area contributed by atoms with Gasteiger partial charge in [0.2, 0.25) is 5.88 Å². The summed E-state index contributed by atoms with van der Waals surface area (Å²) < 4.78 is 49.4.